The largest absolute Gasteiger partial charge is 0.397 e. The quantitative estimate of drug-likeness (QED) is 0.351. The van der Waals surface area contributed by atoms with Gasteiger partial charge in [-0.05, 0) is 25.1 Å². The van der Waals surface area contributed by atoms with Crippen LogP contribution >= 0.6 is 0 Å². The van der Waals surface area contributed by atoms with E-state index >= 15 is 0 Å². The van der Waals surface area contributed by atoms with Crippen molar-refractivity contribution in [2.24, 2.45) is 0 Å². The maximum absolute atomic E-state index is 11.8. The number of hydrogen-bond donors (Lipinski definition) is 5. The van der Waals surface area contributed by atoms with E-state index in [1.807, 2.05) is 0 Å². The van der Waals surface area contributed by atoms with Crippen LogP contribution in [-0.4, -0.2) is 30.3 Å². The van der Waals surface area contributed by atoms with Crippen LogP contribution in [0.15, 0.2) is 18.2 Å². The molecule has 1 amide bonds. The van der Waals surface area contributed by atoms with Crippen molar-refractivity contribution in [3.05, 3.63) is 23.8 Å². The van der Waals surface area contributed by atoms with Gasteiger partial charge in [-0.1, -0.05) is 0 Å². The van der Waals surface area contributed by atoms with Crippen molar-refractivity contribution >= 4 is 17.3 Å². The fourth-order valence-corrected chi connectivity index (χ4v) is 1.33. The van der Waals surface area contributed by atoms with Gasteiger partial charge in [-0.25, -0.2) is 0 Å². The zero-order valence-corrected chi connectivity index (χ0v) is 9.73. The number of benzene rings is 1. The average molecular weight is 238 g/mol. The Morgan fingerprint density at radius 2 is 2.12 bits per heavy atom. The number of amides is 1. The third-order valence-corrected chi connectivity index (χ3v) is 2.26. The molecule has 0 aliphatic rings. The van der Waals surface area contributed by atoms with Crippen LogP contribution in [0.4, 0.5) is 11.4 Å². The summed E-state index contributed by atoms with van der Waals surface area (Å²) in [5.41, 5.74) is 12.5. The lowest BCUT2D eigenvalue weighted by molar-refractivity contribution is 0.0931. The van der Waals surface area contributed by atoms with Crippen molar-refractivity contribution in [1.29, 1.82) is 0 Å². The van der Waals surface area contributed by atoms with E-state index in [4.69, 9.17) is 16.6 Å². The Hall–Kier alpha value is -1.79. The van der Waals surface area contributed by atoms with Gasteiger partial charge in [0.1, 0.15) is 0 Å². The van der Waals surface area contributed by atoms with Crippen molar-refractivity contribution in [3.8, 4) is 0 Å². The Kier molecular flexibility index (Phi) is 4.74. The molecule has 1 aromatic rings. The van der Waals surface area contributed by atoms with E-state index in [1.54, 1.807) is 19.1 Å². The smallest absolute Gasteiger partial charge is 0.252 e. The highest BCUT2D eigenvalue weighted by Gasteiger charge is 2.09. The third kappa shape index (κ3) is 3.93. The van der Waals surface area contributed by atoms with Gasteiger partial charge in [-0.15, -0.1) is 0 Å². The van der Waals surface area contributed by atoms with Crippen molar-refractivity contribution in [2.45, 2.75) is 13.1 Å². The monoisotopic (exact) mass is 238 g/mol. The summed E-state index contributed by atoms with van der Waals surface area (Å²) in [7, 11) is 0. The van der Waals surface area contributed by atoms with Gasteiger partial charge in [0.25, 0.3) is 5.91 Å². The highest BCUT2D eigenvalue weighted by atomic mass is 16.3. The summed E-state index contributed by atoms with van der Waals surface area (Å²) < 4.78 is 0. The van der Waals surface area contributed by atoms with Crippen LogP contribution in [0.1, 0.15) is 17.3 Å². The van der Waals surface area contributed by atoms with E-state index in [2.05, 4.69) is 10.6 Å². The summed E-state index contributed by atoms with van der Waals surface area (Å²) in [5, 5.41) is 14.3. The van der Waals surface area contributed by atoms with Crippen LogP contribution in [0.2, 0.25) is 0 Å². The highest BCUT2D eigenvalue weighted by Crippen LogP contribution is 2.15. The van der Waals surface area contributed by atoms with Crippen molar-refractivity contribution in [1.82, 2.24) is 10.6 Å². The van der Waals surface area contributed by atoms with E-state index < -0.39 is 0 Å². The molecule has 6 heteroatoms. The maximum atomic E-state index is 11.8. The molecule has 1 rings (SSSR count). The number of aliphatic hydroxyl groups excluding tert-OH is 1. The molecule has 0 aliphatic carbocycles. The lowest BCUT2D eigenvalue weighted by atomic mass is 10.1. The number of aliphatic hydroxyl groups is 1. The second-order valence-corrected chi connectivity index (χ2v) is 3.72. The first-order chi connectivity index (χ1) is 8.04. The number of nitrogens with two attached hydrogens (primary N) is 2. The highest BCUT2D eigenvalue weighted by molar-refractivity contribution is 5.96. The fraction of sp³-hybridized carbons (Fsp3) is 0.364. The molecule has 94 valence electrons. The lowest BCUT2D eigenvalue weighted by Gasteiger charge is -2.15. The van der Waals surface area contributed by atoms with Gasteiger partial charge in [-0.2, -0.15) is 0 Å². The second-order valence-electron chi connectivity index (χ2n) is 3.72. The molecule has 0 fully saturated rings. The Balaban J connectivity index is 2.60. The third-order valence-electron chi connectivity index (χ3n) is 2.26. The second kappa shape index (κ2) is 6.07. The predicted octanol–water partition coefficient (Wildman–Crippen LogP) is -0.491. The average Bonchev–Trinajstić information content (AvgIpc) is 2.30. The molecule has 1 unspecified atom stereocenters. The zero-order valence-electron chi connectivity index (χ0n) is 9.73. The number of carbonyl (C=O) groups excluding carboxylic acids is 1. The molecule has 0 spiro atoms. The number of hydrogen-bond acceptors (Lipinski definition) is 5. The normalized spacial score (nSPS) is 12.1. The topological polar surface area (TPSA) is 113 Å². The first kappa shape index (κ1) is 13.3. The molecule has 0 aliphatic heterocycles. The molecule has 17 heavy (non-hydrogen) atoms. The summed E-state index contributed by atoms with van der Waals surface area (Å²) in [6.45, 7) is 2.23. The van der Waals surface area contributed by atoms with E-state index in [-0.39, 0.29) is 18.7 Å². The summed E-state index contributed by atoms with van der Waals surface area (Å²) in [6.07, 6.45) is -0.228. The van der Waals surface area contributed by atoms with Crippen molar-refractivity contribution in [3.63, 3.8) is 0 Å². The molecule has 0 radical (unpaired) electrons. The first-order valence-corrected chi connectivity index (χ1v) is 5.34. The molecule has 1 aromatic carbocycles. The molecule has 0 bridgehead atoms. The maximum Gasteiger partial charge on any atom is 0.252 e. The van der Waals surface area contributed by atoms with E-state index in [1.165, 1.54) is 6.07 Å². The Labute approximate surface area is 100.0 Å². The van der Waals surface area contributed by atoms with Crippen LogP contribution in [-0.2, 0) is 0 Å². The van der Waals surface area contributed by atoms with Gasteiger partial charge >= 0.3 is 0 Å². The number of rotatable bonds is 5. The summed E-state index contributed by atoms with van der Waals surface area (Å²) in [6, 6.07) is 4.74. The summed E-state index contributed by atoms with van der Waals surface area (Å²) >= 11 is 0. The fourth-order valence-electron chi connectivity index (χ4n) is 1.33. The Morgan fingerprint density at radius 1 is 1.41 bits per heavy atom. The molecule has 0 heterocycles. The molecule has 7 N–H and O–H groups in total. The van der Waals surface area contributed by atoms with Crippen LogP contribution in [0.25, 0.3) is 0 Å². The Bertz CT molecular complexity index is 395. The van der Waals surface area contributed by atoms with Crippen LogP contribution in [0.3, 0.4) is 0 Å². The lowest BCUT2D eigenvalue weighted by Crippen LogP contribution is -2.44. The number of carbonyl (C=O) groups is 1. The van der Waals surface area contributed by atoms with Crippen LogP contribution in [0, 0.1) is 0 Å². The van der Waals surface area contributed by atoms with E-state index in [0.29, 0.717) is 23.5 Å². The molecule has 6 nitrogen and oxygen atoms in total. The summed E-state index contributed by atoms with van der Waals surface area (Å²) in [5.74, 6) is -0.241. The van der Waals surface area contributed by atoms with Crippen molar-refractivity contribution in [2.75, 3.05) is 24.6 Å². The Morgan fingerprint density at radius 3 is 2.71 bits per heavy atom. The predicted molar refractivity (Wildman–Crippen MR) is 67.3 cm³/mol. The van der Waals surface area contributed by atoms with Gasteiger partial charge in [0.05, 0.1) is 24.1 Å². The molecule has 1 atom stereocenters. The molecule has 0 aromatic heterocycles. The molecule has 0 saturated carbocycles. The molecular formula is C11H18N4O2. The van der Waals surface area contributed by atoms with E-state index in [9.17, 15) is 4.79 Å². The van der Waals surface area contributed by atoms with Crippen LogP contribution < -0.4 is 22.1 Å². The van der Waals surface area contributed by atoms with Gasteiger partial charge in [-0.3, -0.25) is 10.1 Å². The molecule has 0 saturated heterocycles. The van der Waals surface area contributed by atoms with Crippen LogP contribution in [0.5, 0.6) is 0 Å². The minimum Gasteiger partial charge on any atom is -0.397 e. The van der Waals surface area contributed by atoms with Gasteiger partial charge in [0, 0.05) is 12.1 Å². The minimum absolute atomic E-state index is 0.0228. The van der Waals surface area contributed by atoms with Gasteiger partial charge < -0.3 is 21.9 Å². The number of nitrogens with one attached hydrogen (secondary N) is 2. The number of anilines is 2. The first-order valence-electron chi connectivity index (χ1n) is 5.34. The minimum atomic E-state index is -0.241. The van der Waals surface area contributed by atoms with E-state index in [0.717, 1.165) is 0 Å². The van der Waals surface area contributed by atoms with Gasteiger partial charge in [0.15, 0.2) is 0 Å². The zero-order chi connectivity index (χ0) is 12.8. The SMILES string of the molecule is CC(NCCO)NC(=O)c1ccc(N)c(N)c1. The van der Waals surface area contributed by atoms with Crippen molar-refractivity contribution < 1.29 is 9.90 Å². The molecular weight excluding hydrogens is 220 g/mol. The summed E-state index contributed by atoms with van der Waals surface area (Å²) in [4.78, 5) is 11.8. The standard InChI is InChI=1S/C11H18N4O2/c1-7(14-4-5-16)15-11(17)8-2-3-9(12)10(13)6-8/h2-3,6-7,14,16H,4-5,12-13H2,1H3,(H,15,17). The van der Waals surface area contributed by atoms with Gasteiger partial charge in [0.2, 0.25) is 0 Å². The number of nitrogen functional groups attached to an aromatic ring is 2.